The number of carbonyl (C=O) groups is 3. The molecule has 2 aromatic carbocycles. The molecule has 0 bridgehead atoms. The quantitative estimate of drug-likeness (QED) is 0.682. The molecule has 3 N–H and O–H groups in total. The fourth-order valence-electron chi connectivity index (χ4n) is 2.56. The third-order valence-corrected chi connectivity index (χ3v) is 4.37. The van der Waals surface area contributed by atoms with Crippen molar-refractivity contribution in [3.8, 4) is 0 Å². The zero-order chi connectivity index (χ0) is 19.8. The van der Waals surface area contributed by atoms with Crippen LogP contribution < -0.4 is 16.0 Å². The van der Waals surface area contributed by atoms with Gasteiger partial charge >= 0.3 is 0 Å². The second-order valence-corrected chi connectivity index (χ2v) is 6.51. The van der Waals surface area contributed by atoms with Gasteiger partial charge in [-0.25, -0.2) is 0 Å². The molecule has 7 heteroatoms. The van der Waals surface area contributed by atoms with Crippen LogP contribution in [0.1, 0.15) is 30.5 Å². The highest BCUT2D eigenvalue weighted by Gasteiger charge is 2.17. The Hall–Kier alpha value is -2.86. The van der Waals surface area contributed by atoms with Gasteiger partial charge in [-0.15, -0.1) is 0 Å². The van der Waals surface area contributed by atoms with E-state index >= 15 is 0 Å². The highest BCUT2D eigenvalue weighted by Crippen LogP contribution is 2.22. The van der Waals surface area contributed by atoms with Crippen LogP contribution in [0.2, 0.25) is 5.02 Å². The smallest absolute Gasteiger partial charge is 0.243 e. The van der Waals surface area contributed by atoms with Crippen LogP contribution in [-0.4, -0.2) is 24.3 Å². The summed E-state index contributed by atoms with van der Waals surface area (Å²) in [4.78, 5) is 35.7. The number of benzene rings is 2. The van der Waals surface area contributed by atoms with Gasteiger partial charge in [-0.1, -0.05) is 48.0 Å². The third-order valence-electron chi connectivity index (χ3n) is 3.96. The second-order valence-electron chi connectivity index (χ2n) is 6.11. The summed E-state index contributed by atoms with van der Waals surface area (Å²) in [6, 6.07) is 14.0. The molecule has 3 amide bonds. The van der Waals surface area contributed by atoms with Crippen molar-refractivity contribution in [3.63, 3.8) is 0 Å². The highest BCUT2D eigenvalue weighted by atomic mass is 35.5. The topological polar surface area (TPSA) is 87.3 Å². The highest BCUT2D eigenvalue weighted by molar-refractivity contribution is 6.31. The van der Waals surface area contributed by atoms with Crippen molar-refractivity contribution in [2.45, 2.75) is 26.3 Å². The van der Waals surface area contributed by atoms with Crippen molar-refractivity contribution in [2.75, 3.05) is 11.9 Å². The van der Waals surface area contributed by atoms with Crippen LogP contribution >= 0.6 is 11.6 Å². The van der Waals surface area contributed by atoms with Gasteiger partial charge in [0.2, 0.25) is 17.7 Å². The Morgan fingerprint density at radius 2 is 1.70 bits per heavy atom. The first-order valence-corrected chi connectivity index (χ1v) is 8.88. The Bertz CT molecular complexity index is 824. The van der Waals surface area contributed by atoms with Gasteiger partial charge in [0, 0.05) is 17.6 Å². The lowest BCUT2D eigenvalue weighted by Crippen LogP contribution is -2.36. The summed E-state index contributed by atoms with van der Waals surface area (Å²) in [5.41, 5.74) is 2.18. The molecule has 2 rings (SSSR count). The molecular weight excluding hydrogens is 366 g/mol. The summed E-state index contributed by atoms with van der Waals surface area (Å²) in [7, 11) is 0. The van der Waals surface area contributed by atoms with E-state index in [0.717, 1.165) is 11.1 Å². The zero-order valence-corrected chi connectivity index (χ0v) is 16.0. The van der Waals surface area contributed by atoms with Crippen molar-refractivity contribution in [3.05, 3.63) is 64.7 Å². The number of carbonyl (C=O) groups excluding carboxylic acids is 3. The van der Waals surface area contributed by atoms with Crippen LogP contribution in [0.3, 0.4) is 0 Å². The van der Waals surface area contributed by atoms with E-state index in [1.54, 1.807) is 25.1 Å². The molecular formula is C20H22ClN3O3. The fourth-order valence-corrected chi connectivity index (χ4v) is 2.73. The maximum atomic E-state index is 12.2. The van der Waals surface area contributed by atoms with Gasteiger partial charge in [-0.05, 0) is 30.2 Å². The van der Waals surface area contributed by atoms with Crippen LogP contribution in [0.5, 0.6) is 0 Å². The average molecular weight is 388 g/mol. The number of rotatable bonds is 7. The van der Waals surface area contributed by atoms with Gasteiger partial charge < -0.3 is 16.0 Å². The van der Waals surface area contributed by atoms with Crippen LogP contribution in [-0.2, 0) is 14.4 Å². The Kier molecular flexibility index (Phi) is 7.37. The minimum absolute atomic E-state index is 0.0348. The van der Waals surface area contributed by atoms with Crippen molar-refractivity contribution < 1.29 is 14.4 Å². The van der Waals surface area contributed by atoms with E-state index in [0.29, 0.717) is 10.7 Å². The lowest BCUT2D eigenvalue weighted by molar-refractivity contribution is -0.125. The Morgan fingerprint density at radius 1 is 1.00 bits per heavy atom. The molecule has 142 valence electrons. The first-order valence-electron chi connectivity index (χ1n) is 8.50. The molecule has 0 fully saturated rings. The summed E-state index contributed by atoms with van der Waals surface area (Å²) < 4.78 is 0. The van der Waals surface area contributed by atoms with E-state index in [2.05, 4.69) is 16.0 Å². The number of halogens is 1. The summed E-state index contributed by atoms with van der Waals surface area (Å²) in [5.74, 6) is -0.925. The lowest BCUT2D eigenvalue weighted by Gasteiger charge is -2.18. The molecule has 1 atom stereocenters. The Balaban J connectivity index is 1.90. The van der Waals surface area contributed by atoms with E-state index in [1.165, 1.54) is 6.92 Å². The molecule has 0 aliphatic rings. The number of anilines is 1. The number of hydrogen-bond donors (Lipinski definition) is 3. The fraction of sp³-hybridized carbons (Fsp3) is 0.250. The zero-order valence-electron chi connectivity index (χ0n) is 15.2. The molecule has 0 aromatic heterocycles. The predicted octanol–water partition coefficient (Wildman–Crippen LogP) is 2.97. The Labute approximate surface area is 163 Å². The SMILES string of the molecule is CC(=O)N[C@@H](CC(=O)NCC(=O)Nc1cccc(Cl)c1C)c1ccccc1. The first kappa shape index (κ1) is 20.5. The molecule has 6 nitrogen and oxygen atoms in total. The van der Waals surface area contributed by atoms with Gasteiger partial charge in [0.1, 0.15) is 0 Å². The number of amides is 3. The van der Waals surface area contributed by atoms with Crippen molar-refractivity contribution in [1.29, 1.82) is 0 Å². The van der Waals surface area contributed by atoms with Crippen LogP contribution in [0.15, 0.2) is 48.5 Å². The van der Waals surface area contributed by atoms with Gasteiger partial charge in [0.05, 0.1) is 19.0 Å². The lowest BCUT2D eigenvalue weighted by atomic mass is 10.0. The van der Waals surface area contributed by atoms with E-state index in [9.17, 15) is 14.4 Å². The minimum Gasteiger partial charge on any atom is -0.349 e. The molecule has 0 aliphatic heterocycles. The van der Waals surface area contributed by atoms with Crippen LogP contribution in [0, 0.1) is 6.92 Å². The van der Waals surface area contributed by atoms with E-state index in [-0.39, 0.29) is 30.7 Å². The minimum atomic E-state index is -0.457. The number of nitrogens with one attached hydrogen (secondary N) is 3. The maximum absolute atomic E-state index is 12.2. The summed E-state index contributed by atoms with van der Waals surface area (Å²) in [6.45, 7) is 3.02. The average Bonchev–Trinajstić information content (AvgIpc) is 2.64. The van der Waals surface area contributed by atoms with Crippen molar-refractivity contribution in [2.24, 2.45) is 0 Å². The third kappa shape index (κ3) is 6.42. The number of hydrogen-bond acceptors (Lipinski definition) is 3. The predicted molar refractivity (Wildman–Crippen MR) is 105 cm³/mol. The molecule has 0 unspecified atom stereocenters. The van der Waals surface area contributed by atoms with E-state index in [4.69, 9.17) is 11.6 Å². The summed E-state index contributed by atoms with van der Waals surface area (Å²) >= 11 is 6.03. The summed E-state index contributed by atoms with van der Waals surface area (Å²) in [5, 5.41) is 8.60. The van der Waals surface area contributed by atoms with Gasteiger partial charge in [0.25, 0.3) is 0 Å². The molecule has 27 heavy (non-hydrogen) atoms. The monoisotopic (exact) mass is 387 g/mol. The normalized spacial score (nSPS) is 11.4. The maximum Gasteiger partial charge on any atom is 0.243 e. The first-order chi connectivity index (χ1) is 12.9. The molecule has 0 saturated carbocycles. The van der Waals surface area contributed by atoms with Crippen LogP contribution in [0.25, 0.3) is 0 Å². The van der Waals surface area contributed by atoms with Gasteiger partial charge in [0.15, 0.2) is 0 Å². The van der Waals surface area contributed by atoms with Gasteiger partial charge in [-0.3, -0.25) is 14.4 Å². The van der Waals surface area contributed by atoms with Crippen molar-refractivity contribution in [1.82, 2.24) is 10.6 Å². The van der Waals surface area contributed by atoms with Crippen molar-refractivity contribution >= 4 is 35.0 Å². The molecule has 0 radical (unpaired) electrons. The molecule has 0 aliphatic carbocycles. The van der Waals surface area contributed by atoms with Gasteiger partial charge in [-0.2, -0.15) is 0 Å². The Morgan fingerprint density at radius 3 is 2.37 bits per heavy atom. The molecule has 0 saturated heterocycles. The van der Waals surface area contributed by atoms with E-state index < -0.39 is 6.04 Å². The van der Waals surface area contributed by atoms with E-state index in [1.807, 2.05) is 30.3 Å². The molecule has 0 spiro atoms. The molecule has 0 heterocycles. The second kappa shape index (κ2) is 9.73. The largest absolute Gasteiger partial charge is 0.349 e. The molecule has 2 aromatic rings. The summed E-state index contributed by atoms with van der Waals surface area (Å²) in [6.07, 6.45) is 0.0348. The standard InChI is InChI=1S/C20H22ClN3O3/c1-13-16(21)9-6-10-17(13)24-20(27)12-22-19(26)11-18(23-14(2)25)15-7-4-3-5-8-15/h3-10,18H,11-12H2,1-2H3,(H,22,26)(H,23,25)(H,24,27)/t18-/m0/s1. The van der Waals surface area contributed by atoms with Crippen LogP contribution in [0.4, 0.5) is 5.69 Å².